The lowest BCUT2D eigenvalue weighted by Crippen LogP contribution is -2.34. The minimum atomic E-state index is -0.191. The van der Waals surface area contributed by atoms with Gasteiger partial charge < -0.3 is 14.1 Å². The number of amides is 1. The van der Waals surface area contributed by atoms with Gasteiger partial charge in [0.15, 0.2) is 12.4 Å². The van der Waals surface area contributed by atoms with E-state index in [1.165, 1.54) is 6.92 Å². The van der Waals surface area contributed by atoms with Gasteiger partial charge >= 0.3 is 0 Å². The van der Waals surface area contributed by atoms with Crippen molar-refractivity contribution >= 4 is 17.4 Å². The molecule has 5 nitrogen and oxygen atoms in total. The third kappa shape index (κ3) is 4.39. The quantitative estimate of drug-likeness (QED) is 0.603. The zero-order chi connectivity index (χ0) is 18.4. The Morgan fingerprint density at radius 2 is 1.69 bits per heavy atom. The average molecular weight is 349 g/mol. The monoisotopic (exact) mass is 349 g/mol. The molecule has 0 fully saturated rings. The van der Waals surface area contributed by atoms with E-state index in [1.807, 2.05) is 36.4 Å². The van der Waals surface area contributed by atoms with Gasteiger partial charge in [0.2, 0.25) is 0 Å². The van der Waals surface area contributed by atoms with Crippen molar-refractivity contribution in [2.45, 2.75) is 13.5 Å². The van der Waals surface area contributed by atoms with Crippen molar-refractivity contribution in [3.63, 3.8) is 0 Å². The van der Waals surface area contributed by atoms with E-state index >= 15 is 0 Å². The standard InChI is InChI=1S/C21H19NO4/c1-16(23)17-9-11-19(12-10-17)26-15-21(24)22(14-20-8-5-13-25-20)18-6-3-2-4-7-18/h2-13H,14-15H2,1H3. The molecule has 0 atom stereocenters. The van der Waals surface area contributed by atoms with Gasteiger partial charge in [0.1, 0.15) is 11.5 Å². The SMILES string of the molecule is CC(=O)c1ccc(OCC(=O)N(Cc2ccco2)c2ccccc2)cc1. The van der Waals surface area contributed by atoms with Gasteiger partial charge in [-0.15, -0.1) is 0 Å². The van der Waals surface area contributed by atoms with E-state index in [0.717, 1.165) is 5.69 Å². The highest BCUT2D eigenvalue weighted by atomic mass is 16.5. The van der Waals surface area contributed by atoms with E-state index in [2.05, 4.69) is 0 Å². The van der Waals surface area contributed by atoms with Crippen molar-refractivity contribution in [1.29, 1.82) is 0 Å². The molecule has 1 aromatic heterocycles. The summed E-state index contributed by atoms with van der Waals surface area (Å²) in [5, 5.41) is 0. The molecular weight excluding hydrogens is 330 g/mol. The van der Waals surface area contributed by atoms with Crippen molar-refractivity contribution in [2.75, 3.05) is 11.5 Å². The number of hydrogen-bond acceptors (Lipinski definition) is 4. The van der Waals surface area contributed by atoms with E-state index < -0.39 is 0 Å². The predicted molar refractivity (Wildman–Crippen MR) is 98.3 cm³/mol. The summed E-state index contributed by atoms with van der Waals surface area (Å²) in [5.74, 6) is 1.02. The van der Waals surface area contributed by atoms with Crippen LogP contribution in [0.15, 0.2) is 77.4 Å². The Bertz CT molecular complexity index is 855. The fourth-order valence-corrected chi connectivity index (χ4v) is 2.50. The number of carbonyl (C=O) groups is 2. The lowest BCUT2D eigenvalue weighted by molar-refractivity contribution is -0.120. The number of Topliss-reactive ketones (excluding diaryl/α,β-unsaturated/α-hetero) is 1. The van der Waals surface area contributed by atoms with Gasteiger partial charge in [0.25, 0.3) is 5.91 Å². The second-order valence-corrected chi connectivity index (χ2v) is 5.76. The summed E-state index contributed by atoms with van der Waals surface area (Å²) in [6.45, 7) is 1.71. The van der Waals surface area contributed by atoms with Crippen LogP contribution >= 0.6 is 0 Å². The van der Waals surface area contributed by atoms with Crippen LogP contribution < -0.4 is 9.64 Å². The first-order chi connectivity index (χ1) is 12.6. The summed E-state index contributed by atoms with van der Waals surface area (Å²) in [6.07, 6.45) is 1.58. The van der Waals surface area contributed by atoms with Crippen LogP contribution in [0.5, 0.6) is 5.75 Å². The van der Waals surface area contributed by atoms with E-state index in [-0.39, 0.29) is 18.3 Å². The summed E-state index contributed by atoms with van der Waals surface area (Å²) in [6, 6.07) is 19.7. The minimum absolute atomic E-state index is 0.0127. The van der Waals surface area contributed by atoms with Gasteiger partial charge in [-0.3, -0.25) is 9.59 Å². The zero-order valence-corrected chi connectivity index (χ0v) is 14.4. The highest BCUT2D eigenvalue weighted by molar-refractivity contribution is 5.95. The first kappa shape index (κ1) is 17.5. The first-order valence-electron chi connectivity index (χ1n) is 8.25. The Labute approximate surface area is 151 Å². The maximum Gasteiger partial charge on any atom is 0.265 e. The molecule has 26 heavy (non-hydrogen) atoms. The smallest absolute Gasteiger partial charge is 0.265 e. The summed E-state index contributed by atoms with van der Waals surface area (Å²) in [4.78, 5) is 25.6. The van der Waals surface area contributed by atoms with E-state index in [0.29, 0.717) is 23.6 Å². The molecule has 0 aliphatic heterocycles. The number of rotatable bonds is 7. The van der Waals surface area contributed by atoms with Crippen LogP contribution in [0.4, 0.5) is 5.69 Å². The van der Waals surface area contributed by atoms with Gasteiger partial charge in [0, 0.05) is 11.3 Å². The largest absolute Gasteiger partial charge is 0.484 e. The summed E-state index contributed by atoms with van der Waals surface area (Å²) in [5.41, 5.74) is 1.37. The Morgan fingerprint density at radius 1 is 0.962 bits per heavy atom. The Morgan fingerprint density at radius 3 is 2.31 bits per heavy atom. The Balaban J connectivity index is 1.70. The van der Waals surface area contributed by atoms with E-state index in [9.17, 15) is 9.59 Å². The first-order valence-corrected chi connectivity index (χ1v) is 8.25. The number of carbonyl (C=O) groups excluding carboxylic acids is 2. The molecule has 0 bridgehead atoms. The van der Waals surface area contributed by atoms with Crippen LogP contribution in [-0.4, -0.2) is 18.3 Å². The molecule has 0 saturated heterocycles. The third-order valence-electron chi connectivity index (χ3n) is 3.89. The van der Waals surface area contributed by atoms with Crippen molar-refractivity contribution in [2.24, 2.45) is 0 Å². The highest BCUT2D eigenvalue weighted by Crippen LogP contribution is 2.18. The number of benzene rings is 2. The molecule has 0 saturated carbocycles. The molecule has 132 valence electrons. The highest BCUT2D eigenvalue weighted by Gasteiger charge is 2.18. The van der Waals surface area contributed by atoms with Crippen LogP contribution in [0.2, 0.25) is 0 Å². The predicted octanol–water partition coefficient (Wildman–Crippen LogP) is 4.09. The molecule has 1 amide bonds. The van der Waals surface area contributed by atoms with E-state index in [1.54, 1.807) is 41.5 Å². The molecule has 3 aromatic rings. The molecule has 0 spiro atoms. The fraction of sp³-hybridized carbons (Fsp3) is 0.143. The van der Waals surface area contributed by atoms with Gasteiger partial charge in [0.05, 0.1) is 12.8 Å². The molecule has 0 aliphatic carbocycles. The Kier molecular flexibility index (Phi) is 5.49. The number of ketones is 1. The Hall–Kier alpha value is -3.34. The van der Waals surface area contributed by atoms with Crippen LogP contribution in [-0.2, 0) is 11.3 Å². The van der Waals surface area contributed by atoms with Gasteiger partial charge in [-0.25, -0.2) is 0 Å². The topological polar surface area (TPSA) is 59.8 Å². The van der Waals surface area contributed by atoms with Gasteiger partial charge in [-0.05, 0) is 55.5 Å². The summed E-state index contributed by atoms with van der Waals surface area (Å²) >= 11 is 0. The van der Waals surface area contributed by atoms with Crippen molar-refractivity contribution in [3.05, 3.63) is 84.3 Å². The van der Waals surface area contributed by atoms with E-state index in [4.69, 9.17) is 9.15 Å². The normalized spacial score (nSPS) is 10.3. The molecule has 0 N–H and O–H groups in total. The average Bonchev–Trinajstić information content (AvgIpc) is 3.18. The second kappa shape index (κ2) is 8.16. The maximum absolute atomic E-state index is 12.7. The molecular formula is C21H19NO4. The van der Waals surface area contributed by atoms with Gasteiger partial charge in [-0.1, -0.05) is 18.2 Å². The van der Waals surface area contributed by atoms with Crippen LogP contribution in [0.25, 0.3) is 0 Å². The molecule has 0 aliphatic rings. The molecule has 0 radical (unpaired) electrons. The third-order valence-corrected chi connectivity index (χ3v) is 3.89. The molecule has 3 rings (SSSR count). The number of para-hydroxylation sites is 1. The number of nitrogens with zero attached hydrogens (tertiary/aromatic N) is 1. The lowest BCUT2D eigenvalue weighted by atomic mass is 10.1. The molecule has 5 heteroatoms. The number of furan rings is 1. The van der Waals surface area contributed by atoms with Crippen LogP contribution in [0.1, 0.15) is 23.0 Å². The lowest BCUT2D eigenvalue weighted by Gasteiger charge is -2.22. The fourth-order valence-electron chi connectivity index (χ4n) is 2.50. The minimum Gasteiger partial charge on any atom is -0.484 e. The van der Waals surface area contributed by atoms with Crippen LogP contribution in [0, 0.1) is 0 Å². The summed E-state index contributed by atoms with van der Waals surface area (Å²) in [7, 11) is 0. The summed E-state index contributed by atoms with van der Waals surface area (Å²) < 4.78 is 11.0. The zero-order valence-electron chi connectivity index (χ0n) is 14.4. The van der Waals surface area contributed by atoms with Crippen molar-refractivity contribution < 1.29 is 18.7 Å². The number of ether oxygens (including phenoxy) is 1. The van der Waals surface area contributed by atoms with Gasteiger partial charge in [-0.2, -0.15) is 0 Å². The molecule has 2 aromatic carbocycles. The maximum atomic E-state index is 12.7. The van der Waals surface area contributed by atoms with Crippen molar-refractivity contribution in [1.82, 2.24) is 0 Å². The second-order valence-electron chi connectivity index (χ2n) is 5.76. The van der Waals surface area contributed by atoms with Crippen LogP contribution in [0.3, 0.4) is 0 Å². The van der Waals surface area contributed by atoms with Crippen molar-refractivity contribution in [3.8, 4) is 5.75 Å². The molecule has 1 heterocycles. The number of anilines is 1. The molecule has 0 unspecified atom stereocenters. The number of hydrogen-bond donors (Lipinski definition) is 0.